The molecule has 0 radical (unpaired) electrons. The number of nitrogens with one attached hydrogen (secondary N) is 2. The van der Waals surface area contributed by atoms with E-state index in [0.717, 1.165) is 0 Å². The maximum Gasteiger partial charge on any atom is 0.307 e. The van der Waals surface area contributed by atoms with Crippen LogP contribution in [0, 0.1) is 10.7 Å². The maximum absolute atomic E-state index is 12.5. The highest BCUT2D eigenvalue weighted by Crippen LogP contribution is 2.13. The predicted octanol–water partition coefficient (Wildman–Crippen LogP) is 2.06. The van der Waals surface area contributed by atoms with Gasteiger partial charge in [-0.1, -0.05) is 13.8 Å². The Bertz CT molecular complexity index is 1060. The number of nitrogens with zero attached hydrogens (tertiary/aromatic N) is 2. The number of H-pyrrole nitrogens is 1. The van der Waals surface area contributed by atoms with Crippen LogP contribution in [-0.4, -0.2) is 51.3 Å². The van der Waals surface area contributed by atoms with Crippen LogP contribution in [0.3, 0.4) is 0 Å². The van der Waals surface area contributed by atoms with E-state index in [9.17, 15) is 14.4 Å². The molecule has 0 unspecified atom stereocenters. The molecule has 1 amide bonds. The molecule has 0 spiro atoms. The number of nitrogens with two attached hydrogens (primary N) is 1. The summed E-state index contributed by atoms with van der Waals surface area (Å²) in [5.41, 5.74) is 6.48. The van der Waals surface area contributed by atoms with E-state index in [1.54, 1.807) is 21.4 Å². The molecule has 10 nitrogen and oxygen atoms in total. The molecule has 2 aromatic rings. The van der Waals surface area contributed by atoms with Crippen LogP contribution >= 0.6 is 12.2 Å². The minimum atomic E-state index is -0.535. The van der Waals surface area contributed by atoms with Crippen LogP contribution in [0.5, 0.6) is 0 Å². The second-order valence-electron chi connectivity index (χ2n) is 8.51. The Morgan fingerprint density at radius 2 is 1.97 bits per heavy atom. The lowest BCUT2D eigenvalue weighted by Gasteiger charge is -2.15. The molecule has 1 atom stereocenters. The molecule has 0 saturated carbocycles. The minimum Gasteiger partial charge on any atom is -0.444 e. The number of aromatic nitrogens is 3. The smallest absolute Gasteiger partial charge is 0.307 e. The molecular weight excluding hydrogens is 446 g/mol. The first-order chi connectivity index (χ1) is 15.6. The van der Waals surface area contributed by atoms with Crippen molar-refractivity contribution >= 4 is 35.1 Å². The van der Waals surface area contributed by atoms with Crippen molar-refractivity contribution in [1.29, 1.82) is 0 Å². The summed E-state index contributed by atoms with van der Waals surface area (Å²) in [6.07, 6.45) is 3.20. The number of esters is 1. The van der Waals surface area contributed by atoms with Crippen LogP contribution in [-0.2, 0) is 32.3 Å². The maximum atomic E-state index is 12.5. The average Bonchev–Trinajstić information content (AvgIpc) is 3.17. The normalized spacial score (nSPS) is 12.5. The Balaban J connectivity index is 1.87. The molecule has 0 aromatic carbocycles. The Hall–Kier alpha value is -2.50. The van der Waals surface area contributed by atoms with E-state index in [4.69, 9.17) is 27.4 Å². The van der Waals surface area contributed by atoms with Crippen LogP contribution in [0.1, 0.15) is 47.0 Å². The Kier molecular flexibility index (Phi) is 10.3. The second kappa shape index (κ2) is 12.7. The van der Waals surface area contributed by atoms with E-state index in [0.29, 0.717) is 48.3 Å². The molecule has 2 heterocycles. The van der Waals surface area contributed by atoms with Gasteiger partial charge in [-0.15, -0.1) is 0 Å². The quantitative estimate of drug-likeness (QED) is 0.226. The van der Waals surface area contributed by atoms with E-state index in [1.165, 1.54) is 0 Å². The standard InChI is InChI=1S/C22H35N5O5S/c1-14(2)18(23)20(29)24-9-6-5-7-17(28)32-13-26-10-8-16-19(26)21(30)25-22(33)27(16)11-12-31-15(3)4/h8,10,14-15,18H,5-7,9,11-13,23H2,1-4H3,(H,24,29)(H,25,30,33)/t18-/m0/s1. The van der Waals surface area contributed by atoms with Crippen LogP contribution in [0.25, 0.3) is 11.0 Å². The number of rotatable bonds is 13. The molecular formula is C22H35N5O5S. The van der Waals surface area contributed by atoms with Crippen molar-refractivity contribution in [3.63, 3.8) is 0 Å². The highest BCUT2D eigenvalue weighted by Gasteiger charge is 2.16. The van der Waals surface area contributed by atoms with Crippen molar-refractivity contribution in [3.05, 3.63) is 27.4 Å². The highest BCUT2D eigenvalue weighted by atomic mass is 32.1. The van der Waals surface area contributed by atoms with Gasteiger partial charge in [-0.3, -0.25) is 19.4 Å². The van der Waals surface area contributed by atoms with Crippen LogP contribution < -0.4 is 16.6 Å². The van der Waals surface area contributed by atoms with Crippen molar-refractivity contribution in [2.24, 2.45) is 11.7 Å². The third-order valence-corrected chi connectivity index (χ3v) is 5.49. The van der Waals surface area contributed by atoms with Crippen LogP contribution in [0.15, 0.2) is 17.1 Å². The molecule has 2 aromatic heterocycles. The van der Waals surface area contributed by atoms with Crippen molar-refractivity contribution in [2.75, 3.05) is 13.2 Å². The fourth-order valence-electron chi connectivity index (χ4n) is 3.21. The monoisotopic (exact) mass is 481 g/mol. The van der Waals surface area contributed by atoms with E-state index in [-0.39, 0.29) is 42.6 Å². The second-order valence-corrected chi connectivity index (χ2v) is 8.90. The van der Waals surface area contributed by atoms with Crippen molar-refractivity contribution in [2.45, 2.75) is 72.4 Å². The van der Waals surface area contributed by atoms with Gasteiger partial charge in [0.05, 0.1) is 24.3 Å². The first kappa shape index (κ1) is 26.7. The van der Waals surface area contributed by atoms with Gasteiger partial charge in [0, 0.05) is 25.7 Å². The number of fused-ring (bicyclic) bond motifs is 1. The van der Waals surface area contributed by atoms with Gasteiger partial charge in [0.25, 0.3) is 5.56 Å². The lowest BCUT2D eigenvalue weighted by atomic mass is 10.1. The SMILES string of the molecule is CC(C)OCCn1c(=S)[nH]c(=O)c2c1ccn2COC(=O)CCCCNC(=O)[C@@H](N)C(C)C. The molecule has 11 heteroatoms. The zero-order chi connectivity index (χ0) is 24.5. The number of carbonyl (C=O) groups excluding carboxylic acids is 2. The molecule has 0 bridgehead atoms. The third-order valence-electron chi connectivity index (χ3n) is 5.17. The van der Waals surface area contributed by atoms with Gasteiger partial charge >= 0.3 is 5.97 Å². The highest BCUT2D eigenvalue weighted by molar-refractivity contribution is 7.71. The molecule has 0 aliphatic carbocycles. The minimum absolute atomic E-state index is 0.0671. The van der Waals surface area contributed by atoms with Crippen molar-refractivity contribution < 1.29 is 19.1 Å². The topological polar surface area (TPSA) is 133 Å². The number of amides is 1. The molecule has 0 aliphatic heterocycles. The van der Waals surface area contributed by atoms with Gasteiger partial charge in [-0.25, -0.2) is 0 Å². The van der Waals surface area contributed by atoms with E-state index >= 15 is 0 Å². The Morgan fingerprint density at radius 3 is 2.64 bits per heavy atom. The lowest BCUT2D eigenvalue weighted by Crippen LogP contribution is -2.44. The zero-order valence-electron chi connectivity index (χ0n) is 19.8. The summed E-state index contributed by atoms with van der Waals surface area (Å²) in [5, 5.41) is 2.77. The number of ether oxygens (including phenoxy) is 2. The predicted molar refractivity (Wildman–Crippen MR) is 128 cm³/mol. The summed E-state index contributed by atoms with van der Waals surface area (Å²) in [5.74, 6) is -0.498. The Labute approximate surface area is 198 Å². The number of unbranched alkanes of at least 4 members (excludes halogenated alkanes) is 1. The fraction of sp³-hybridized carbons (Fsp3) is 0.636. The van der Waals surface area contributed by atoms with E-state index in [1.807, 2.05) is 27.7 Å². The van der Waals surface area contributed by atoms with Crippen LogP contribution in [0.2, 0.25) is 0 Å². The number of carbonyl (C=O) groups is 2. The summed E-state index contributed by atoms with van der Waals surface area (Å²) in [7, 11) is 0. The summed E-state index contributed by atoms with van der Waals surface area (Å²) >= 11 is 5.30. The molecule has 33 heavy (non-hydrogen) atoms. The molecule has 4 N–H and O–H groups in total. The average molecular weight is 482 g/mol. The van der Waals surface area contributed by atoms with Gasteiger partial charge in [-0.2, -0.15) is 0 Å². The summed E-state index contributed by atoms with van der Waals surface area (Å²) < 4.78 is 14.6. The third kappa shape index (κ3) is 7.79. The molecule has 2 rings (SSSR count). The van der Waals surface area contributed by atoms with Gasteiger partial charge in [-0.05, 0) is 50.9 Å². The van der Waals surface area contributed by atoms with E-state index in [2.05, 4.69) is 10.3 Å². The molecule has 0 fully saturated rings. The van der Waals surface area contributed by atoms with Gasteiger partial charge in [0.1, 0.15) is 5.52 Å². The zero-order valence-corrected chi connectivity index (χ0v) is 20.6. The molecule has 184 valence electrons. The first-order valence-corrected chi connectivity index (χ1v) is 11.6. The molecule has 0 aliphatic rings. The van der Waals surface area contributed by atoms with Gasteiger partial charge in [0.2, 0.25) is 5.91 Å². The summed E-state index contributed by atoms with van der Waals surface area (Å²) in [4.78, 5) is 39.1. The largest absolute Gasteiger partial charge is 0.444 e. The van der Waals surface area contributed by atoms with Gasteiger partial charge in [0.15, 0.2) is 11.5 Å². The van der Waals surface area contributed by atoms with Crippen LogP contribution in [0.4, 0.5) is 0 Å². The summed E-state index contributed by atoms with van der Waals surface area (Å²) in [6.45, 7) is 9.00. The first-order valence-electron chi connectivity index (χ1n) is 11.2. The fourth-order valence-corrected chi connectivity index (χ4v) is 3.49. The van der Waals surface area contributed by atoms with Crippen molar-refractivity contribution in [3.8, 4) is 0 Å². The Morgan fingerprint density at radius 1 is 1.24 bits per heavy atom. The number of hydrogen-bond donors (Lipinski definition) is 3. The number of hydrogen-bond acceptors (Lipinski definition) is 7. The number of aromatic amines is 1. The van der Waals surface area contributed by atoms with Gasteiger partial charge < -0.3 is 29.7 Å². The van der Waals surface area contributed by atoms with E-state index < -0.39 is 6.04 Å². The summed E-state index contributed by atoms with van der Waals surface area (Å²) in [6, 6.07) is 1.24. The lowest BCUT2D eigenvalue weighted by molar-refractivity contribution is -0.147. The molecule has 0 saturated heterocycles. The van der Waals surface area contributed by atoms with Crippen molar-refractivity contribution in [1.82, 2.24) is 19.4 Å².